The van der Waals surface area contributed by atoms with Crippen molar-refractivity contribution in [3.8, 4) is 11.3 Å². The zero-order chi connectivity index (χ0) is 23.7. The summed E-state index contributed by atoms with van der Waals surface area (Å²) in [5.41, 5.74) is 2.87. The minimum absolute atomic E-state index is 0.0832. The molecule has 5 rings (SSSR count). The highest BCUT2D eigenvalue weighted by Gasteiger charge is 2.38. The van der Waals surface area contributed by atoms with Crippen LogP contribution in [0.25, 0.3) is 16.9 Å². The Morgan fingerprint density at radius 3 is 2.62 bits per heavy atom. The summed E-state index contributed by atoms with van der Waals surface area (Å²) in [6.07, 6.45) is 6.13. The SMILES string of the molecule is CCOC(=O)CCCn1c2c(c(=O)n3nc(-c4ccccc4)cc13)CN(C1CCCCC1)C2=O. The smallest absolute Gasteiger partial charge is 0.305 e. The molecule has 0 atom stereocenters. The predicted octanol–water partition coefficient (Wildman–Crippen LogP) is 3.79. The van der Waals surface area contributed by atoms with Crippen molar-refractivity contribution in [1.82, 2.24) is 19.1 Å². The number of carbonyl (C=O) groups is 2. The molecule has 1 aliphatic carbocycles. The van der Waals surface area contributed by atoms with E-state index in [1.165, 1.54) is 10.9 Å². The number of fused-ring (bicyclic) bond motifs is 2. The number of benzene rings is 1. The Kier molecular flexibility index (Phi) is 6.22. The van der Waals surface area contributed by atoms with Crippen LogP contribution in [0.1, 0.15) is 67.9 Å². The van der Waals surface area contributed by atoms with Crippen molar-refractivity contribution >= 4 is 17.5 Å². The van der Waals surface area contributed by atoms with Crippen LogP contribution in [0.5, 0.6) is 0 Å². The lowest BCUT2D eigenvalue weighted by molar-refractivity contribution is -0.143. The molecule has 0 bridgehead atoms. The number of carbonyl (C=O) groups excluding carboxylic acids is 2. The number of amides is 1. The van der Waals surface area contributed by atoms with Crippen molar-refractivity contribution in [2.75, 3.05) is 6.61 Å². The third-order valence-electron chi connectivity index (χ3n) is 6.92. The molecule has 1 amide bonds. The Hall–Kier alpha value is -3.42. The van der Waals surface area contributed by atoms with E-state index >= 15 is 0 Å². The standard InChI is InChI=1S/C26H30N4O4/c1-2-34-23(31)14-9-15-28-22-16-21(18-10-5-3-6-11-18)27-30(22)25(32)20-17-29(26(33)24(20)28)19-12-7-4-8-13-19/h3,5-6,10-11,16,19H,2,4,7-9,12-15,17H2,1H3. The van der Waals surface area contributed by atoms with Gasteiger partial charge in [0.1, 0.15) is 11.3 Å². The van der Waals surface area contributed by atoms with Crippen LogP contribution in [0.15, 0.2) is 41.2 Å². The highest BCUT2D eigenvalue weighted by Crippen LogP contribution is 2.31. The van der Waals surface area contributed by atoms with Gasteiger partial charge in [0.25, 0.3) is 11.5 Å². The van der Waals surface area contributed by atoms with Gasteiger partial charge in [-0.1, -0.05) is 49.6 Å². The minimum atomic E-state index is -0.259. The minimum Gasteiger partial charge on any atom is -0.466 e. The van der Waals surface area contributed by atoms with Crippen molar-refractivity contribution in [1.29, 1.82) is 0 Å². The number of rotatable bonds is 7. The molecule has 8 heteroatoms. The molecule has 1 aliphatic heterocycles. The Labute approximate surface area is 198 Å². The maximum absolute atomic E-state index is 13.6. The van der Waals surface area contributed by atoms with Crippen molar-refractivity contribution in [2.45, 2.75) is 71.0 Å². The number of hydrogen-bond donors (Lipinski definition) is 0. The average molecular weight is 463 g/mol. The van der Waals surface area contributed by atoms with Crippen molar-refractivity contribution in [3.63, 3.8) is 0 Å². The van der Waals surface area contributed by atoms with E-state index in [9.17, 15) is 14.4 Å². The van der Waals surface area contributed by atoms with Gasteiger partial charge in [-0.05, 0) is 26.2 Å². The fourth-order valence-corrected chi connectivity index (χ4v) is 5.26. The Morgan fingerprint density at radius 1 is 1.12 bits per heavy atom. The summed E-state index contributed by atoms with van der Waals surface area (Å²) >= 11 is 0. The van der Waals surface area contributed by atoms with Crippen LogP contribution in [0.2, 0.25) is 0 Å². The summed E-state index contributed by atoms with van der Waals surface area (Å²) < 4.78 is 8.38. The molecule has 0 unspecified atom stereocenters. The van der Waals surface area contributed by atoms with Gasteiger partial charge >= 0.3 is 5.97 Å². The molecule has 8 nitrogen and oxygen atoms in total. The van der Waals surface area contributed by atoms with Crippen LogP contribution < -0.4 is 5.56 Å². The lowest BCUT2D eigenvalue weighted by Crippen LogP contribution is -2.37. The van der Waals surface area contributed by atoms with Crippen molar-refractivity contribution < 1.29 is 14.3 Å². The molecule has 0 N–H and O–H groups in total. The molecule has 1 fully saturated rings. The van der Waals surface area contributed by atoms with Gasteiger partial charge in [-0.2, -0.15) is 9.61 Å². The number of aromatic nitrogens is 3. The molecule has 2 aliphatic rings. The first-order valence-electron chi connectivity index (χ1n) is 12.3. The van der Waals surface area contributed by atoms with Crippen LogP contribution in [-0.4, -0.2) is 43.6 Å². The highest BCUT2D eigenvalue weighted by atomic mass is 16.5. The molecule has 0 saturated heterocycles. The zero-order valence-corrected chi connectivity index (χ0v) is 19.5. The normalized spacial score (nSPS) is 16.3. The summed E-state index contributed by atoms with van der Waals surface area (Å²) in [7, 11) is 0. The molecule has 0 spiro atoms. The van der Waals surface area contributed by atoms with E-state index in [0.29, 0.717) is 48.7 Å². The van der Waals surface area contributed by atoms with Gasteiger partial charge in [0.15, 0.2) is 0 Å². The first-order valence-corrected chi connectivity index (χ1v) is 12.3. The first kappa shape index (κ1) is 22.4. The zero-order valence-electron chi connectivity index (χ0n) is 19.5. The molecule has 2 aromatic heterocycles. The van der Waals surface area contributed by atoms with E-state index in [2.05, 4.69) is 5.10 Å². The van der Waals surface area contributed by atoms with Crippen LogP contribution >= 0.6 is 0 Å². The van der Waals surface area contributed by atoms with E-state index in [-0.39, 0.29) is 29.9 Å². The molecule has 3 heterocycles. The summed E-state index contributed by atoms with van der Waals surface area (Å²) in [6, 6.07) is 11.7. The van der Waals surface area contributed by atoms with Gasteiger partial charge in [0.2, 0.25) is 0 Å². The molecule has 0 radical (unpaired) electrons. The predicted molar refractivity (Wildman–Crippen MR) is 128 cm³/mol. The van der Waals surface area contributed by atoms with E-state index < -0.39 is 0 Å². The van der Waals surface area contributed by atoms with Crippen LogP contribution in [0.3, 0.4) is 0 Å². The number of nitrogens with zero attached hydrogens (tertiary/aromatic N) is 4. The Balaban J connectivity index is 1.57. The third kappa shape index (κ3) is 4.02. The summed E-state index contributed by atoms with van der Waals surface area (Å²) in [5.74, 6) is -0.343. The molecule has 3 aromatic rings. The van der Waals surface area contributed by atoms with E-state index in [0.717, 1.165) is 31.2 Å². The van der Waals surface area contributed by atoms with Gasteiger partial charge in [-0.3, -0.25) is 14.4 Å². The second-order valence-corrected chi connectivity index (χ2v) is 9.08. The number of aryl methyl sites for hydroxylation is 1. The average Bonchev–Trinajstić information content (AvgIpc) is 3.45. The molecule has 1 aromatic carbocycles. The lowest BCUT2D eigenvalue weighted by Gasteiger charge is -2.30. The topological polar surface area (TPSA) is 85.9 Å². The highest BCUT2D eigenvalue weighted by molar-refractivity contribution is 5.97. The number of esters is 1. The fourth-order valence-electron chi connectivity index (χ4n) is 5.26. The number of hydrogen-bond acceptors (Lipinski definition) is 5. The number of ether oxygens (including phenoxy) is 1. The molecule has 178 valence electrons. The van der Waals surface area contributed by atoms with Gasteiger partial charge < -0.3 is 14.2 Å². The second kappa shape index (κ2) is 9.44. The largest absolute Gasteiger partial charge is 0.466 e. The van der Waals surface area contributed by atoms with Crippen LogP contribution in [0, 0.1) is 0 Å². The van der Waals surface area contributed by atoms with E-state index in [4.69, 9.17) is 4.74 Å². The summed E-state index contributed by atoms with van der Waals surface area (Å²) in [4.78, 5) is 40.9. The molecule has 1 saturated carbocycles. The molecule has 34 heavy (non-hydrogen) atoms. The Morgan fingerprint density at radius 2 is 1.88 bits per heavy atom. The summed E-state index contributed by atoms with van der Waals surface area (Å²) in [6.45, 7) is 2.88. The van der Waals surface area contributed by atoms with Gasteiger partial charge in [0, 0.05) is 30.6 Å². The van der Waals surface area contributed by atoms with Crippen LogP contribution in [-0.2, 0) is 22.6 Å². The molecular weight excluding hydrogens is 432 g/mol. The fraction of sp³-hybridized carbons (Fsp3) is 0.462. The third-order valence-corrected chi connectivity index (χ3v) is 6.92. The van der Waals surface area contributed by atoms with E-state index in [1.54, 1.807) is 6.92 Å². The van der Waals surface area contributed by atoms with Gasteiger partial charge in [0.05, 0.1) is 24.4 Å². The summed E-state index contributed by atoms with van der Waals surface area (Å²) in [5, 5.41) is 4.62. The maximum Gasteiger partial charge on any atom is 0.305 e. The van der Waals surface area contributed by atoms with Gasteiger partial charge in [-0.25, -0.2) is 0 Å². The molecular formula is C26H30N4O4. The quantitative estimate of drug-likeness (QED) is 0.499. The first-order chi connectivity index (χ1) is 16.6. The van der Waals surface area contributed by atoms with Crippen LogP contribution in [0.4, 0.5) is 0 Å². The van der Waals surface area contributed by atoms with Crippen molar-refractivity contribution in [2.24, 2.45) is 0 Å². The van der Waals surface area contributed by atoms with Gasteiger partial charge in [-0.15, -0.1) is 0 Å². The van der Waals surface area contributed by atoms with E-state index in [1.807, 2.05) is 45.9 Å². The van der Waals surface area contributed by atoms with Crippen molar-refractivity contribution in [3.05, 3.63) is 58.0 Å². The lowest BCUT2D eigenvalue weighted by atomic mass is 9.94. The maximum atomic E-state index is 13.6. The Bertz CT molecular complexity index is 1270. The monoisotopic (exact) mass is 462 g/mol. The second-order valence-electron chi connectivity index (χ2n) is 9.08.